The first kappa shape index (κ1) is 15.9. The first-order valence-electron chi connectivity index (χ1n) is 1.24. The predicted molar refractivity (Wildman–Crippen MR) is 15.6 cm³/mol. The molecule has 0 saturated heterocycles. The number of halogens is 3. The molecule has 0 aliphatic carbocycles. The third-order valence-corrected chi connectivity index (χ3v) is 0.243. The van der Waals surface area contributed by atoms with E-state index < -0.39 is 12.1 Å². The SMILES string of the molecule is O=C(O)C(F)(F)F.[Li+].[OH-]. The van der Waals surface area contributed by atoms with Crippen molar-refractivity contribution < 1.29 is 47.4 Å². The Morgan fingerprint density at radius 1 is 1.33 bits per heavy atom. The van der Waals surface area contributed by atoms with Crippen molar-refractivity contribution in [3.63, 3.8) is 0 Å². The number of aliphatic carboxylic acids is 1. The fourth-order valence-corrected chi connectivity index (χ4v) is 0. The van der Waals surface area contributed by atoms with Gasteiger partial charge in [-0.2, -0.15) is 13.2 Å². The van der Waals surface area contributed by atoms with Gasteiger partial charge in [-0.25, -0.2) is 4.79 Å². The molecule has 7 heteroatoms. The van der Waals surface area contributed by atoms with E-state index in [1.807, 2.05) is 0 Å². The molecule has 0 unspecified atom stereocenters. The van der Waals surface area contributed by atoms with E-state index in [9.17, 15) is 13.2 Å². The Labute approximate surface area is 60.3 Å². The number of carboxylic acid groups (broad SMARTS) is 1. The third kappa shape index (κ3) is 7.82. The molecule has 0 aliphatic heterocycles. The number of carboxylic acids is 1. The zero-order valence-electron chi connectivity index (χ0n) is 4.44. The van der Waals surface area contributed by atoms with Gasteiger partial charge in [0.05, 0.1) is 0 Å². The summed E-state index contributed by atoms with van der Waals surface area (Å²) in [5.74, 6) is -2.76. The Bertz CT molecular complexity index is 89.5. The molecule has 0 aliphatic rings. The van der Waals surface area contributed by atoms with Crippen LogP contribution >= 0.6 is 0 Å². The molecule has 0 aromatic carbocycles. The molecule has 0 rings (SSSR count). The maximum atomic E-state index is 10.6. The number of hydrogen-bond acceptors (Lipinski definition) is 2. The van der Waals surface area contributed by atoms with Gasteiger partial charge in [0.15, 0.2) is 0 Å². The van der Waals surface area contributed by atoms with Gasteiger partial charge >= 0.3 is 31.0 Å². The van der Waals surface area contributed by atoms with Crippen LogP contribution in [0.5, 0.6) is 0 Å². The summed E-state index contributed by atoms with van der Waals surface area (Å²) in [5.41, 5.74) is 0. The molecule has 0 saturated carbocycles. The molecule has 2 N–H and O–H groups in total. The Balaban J connectivity index is -0.000000180. The van der Waals surface area contributed by atoms with Crippen molar-refractivity contribution in [1.29, 1.82) is 0 Å². The van der Waals surface area contributed by atoms with Crippen molar-refractivity contribution in [2.24, 2.45) is 0 Å². The second-order valence-electron chi connectivity index (χ2n) is 0.803. The van der Waals surface area contributed by atoms with Crippen LogP contribution in [-0.4, -0.2) is 22.7 Å². The van der Waals surface area contributed by atoms with Crippen molar-refractivity contribution >= 4 is 5.97 Å². The van der Waals surface area contributed by atoms with E-state index in [0.29, 0.717) is 0 Å². The molecular weight excluding hydrogens is 136 g/mol. The fourth-order valence-electron chi connectivity index (χ4n) is 0. The van der Waals surface area contributed by atoms with Crippen molar-refractivity contribution in [2.45, 2.75) is 6.18 Å². The van der Waals surface area contributed by atoms with E-state index in [4.69, 9.17) is 9.90 Å². The normalized spacial score (nSPS) is 8.78. The van der Waals surface area contributed by atoms with Gasteiger partial charge in [0.25, 0.3) is 0 Å². The van der Waals surface area contributed by atoms with Gasteiger partial charge in [-0.15, -0.1) is 0 Å². The summed E-state index contributed by atoms with van der Waals surface area (Å²) in [6, 6.07) is 0. The van der Waals surface area contributed by atoms with Crippen LogP contribution in [0.4, 0.5) is 13.2 Å². The van der Waals surface area contributed by atoms with Gasteiger partial charge in [-0.3, -0.25) is 0 Å². The zero-order chi connectivity index (χ0) is 6.08. The number of rotatable bonds is 0. The van der Waals surface area contributed by atoms with Gasteiger partial charge in [0, 0.05) is 0 Å². The largest absolute Gasteiger partial charge is 1.00 e. The van der Waals surface area contributed by atoms with Crippen molar-refractivity contribution in [2.75, 3.05) is 0 Å². The molecule has 50 valence electrons. The molecule has 0 atom stereocenters. The average molecular weight is 138 g/mol. The molecular formula is C2H2F3LiO3. The van der Waals surface area contributed by atoms with Crippen LogP contribution in [0.1, 0.15) is 0 Å². The molecule has 0 heterocycles. The fraction of sp³-hybridized carbons (Fsp3) is 0.500. The van der Waals surface area contributed by atoms with Gasteiger partial charge < -0.3 is 10.6 Å². The smallest absolute Gasteiger partial charge is 0.870 e. The molecule has 9 heavy (non-hydrogen) atoms. The van der Waals surface area contributed by atoms with E-state index in [-0.39, 0.29) is 24.3 Å². The van der Waals surface area contributed by atoms with Gasteiger partial charge in [0.2, 0.25) is 0 Å². The van der Waals surface area contributed by atoms with Gasteiger partial charge in [-0.05, 0) is 0 Å². The monoisotopic (exact) mass is 138 g/mol. The summed E-state index contributed by atoms with van der Waals surface area (Å²) >= 11 is 0. The molecule has 3 nitrogen and oxygen atoms in total. The quantitative estimate of drug-likeness (QED) is 0.375. The maximum absolute atomic E-state index is 10.6. The maximum Gasteiger partial charge on any atom is 1.00 e. The molecule has 0 fully saturated rings. The summed E-state index contributed by atoms with van der Waals surface area (Å²) in [4.78, 5) is 8.90. The minimum Gasteiger partial charge on any atom is -0.870 e. The summed E-state index contributed by atoms with van der Waals surface area (Å²) in [6.45, 7) is 0. The van der Waals surface area contributed by atoms with Crippen LogP contribution in [0.2, 0.25) is 0 Å². The molecule has 0 radical (unpaired) electrons. The topological polar surface area (TPSA) is 67.3 Å². The molecule has 0 aromatic rings. The minimum atomic E-state index is -5.08. The van der Waals surface area contributed by atoms with E-state index >= 15 is 0 Å². The Morgan fingerprint density at radius 2 is 1.44 bits per heavy atom. The molecule has 0 spiro atoms. The standard InChI is InChI=1S/C2HF3O2.Li.H2O/c3-2(4,5)1(6)7;;/h(H,6,7);;1H2/q;+1;/p-1. The Morgan fingerprint density at radius 3 is 1.44 bits per heavy atom. The summed E-state index contributed by atoms with van der Waals surface area (Å²) in [5, 5.41) is 7.12. The van der Waals surface area contributed by atoms with Crippen LogP contribution in [0.25, 0.3) is 0 Å². The van der Waals surface area contributed by atoms with Crippen LogP contribution in [0.3, 0.4) is 0 Å². The Hall–Kier alpha value is -0.183. The second-order valence-corrected chi connectivity index (χ2v) is 0.803. The minimum absolute atomic E-state index is 0. The molecule has 0 amide bonds. The number of carbonyl (C=O) groups is 1. The summed E-state index contributed by atoms with van der Waals surface area (Å²) in [6.07, 6.45) is -5.08. The molecule has 0 bridgehead atoms. The van der Waals surface area contributed by atoms with Crippen LogP contribution in [-0.2, 0) is 4.79 Å². The van der Waals surface area contributed by atoms with Crippen molar-refractivity contribution in [1.82, 2.24) is 0 Å². The predicted octanol–water partition coefficient (Wildman–Crippen LogP) is -2.54. The number of alkyl halides is 3. The summed E-state index contributed by atoms with van der Waals surface area (Å²) in [7, 11) is 0. The van der Waals surface area contributed by atoms with Crippen molar-refractivity contribution in [3.8, 4) is 0 Å². The summed E-state index contributed by atoms with van der Waals surface area (Å²) < 4.78 is 31.7. The van der Waals surface area contributed by atoms with E-state index in [1.54, 1.807) is 0 Å². The zero-order valence-corrected chi connectivity index (χ0v) is 4.44. The average Bonchev–Trinajstić information content (AvgIpc) is 1.31. The van der Waals surface area contributed by atoms with Gasteiger partial charge in [0.1, 0.15) is 0 Å². The van der Waals surface area contributed by atoms with Crippen LogP contribution in [0, 0.1) is 0 Å². The van der Waals surface area contributed by atoms with Crippen LogP contribution in [0.15, 0.2) is 0 Å². The van der Waals surface area contributed by atoms with E-state index in [2.05, 4.69) is 0 Å². The van der Waals surface area contributed by atoms with Gasteiger partial charge in [-0.1, -0.05) is 0 Å². The van der Waals surface area contributed by atoms with Crippen LogP contribution < -0.4 is 18.9 Å². The third-order valence-electron chi connectivity index (χ3n) is 0.243. The first-order valence-corrected chi connectivity index (χ1v) is 1.24. The first-order chi connectivity index (χ1) is 2.94. The van der Waals surface area contributed by atoms with Crippen molar-refractivity contribution in [3.05, 3.63) is 0 Å². The molecule has 0 aromatic heterocycles. The number of hydrogen-bond donors (Lipinski definition) is 1. The van der Waals surface area contributed by atoms with E-state index in [0.717, 1.165) is 0 Å². The second kappa shape index (κ2) is 4.67. The Kier molecular flexibility index (Phi) is 8.27. The van der Waals surface area contributed by atoms with E-state index in [1.165, 1.54) is 0 Å².